The van der Waals surface area contributed by atoms with E-state index < -0.39 is 28.0 Å². The molecule has 0 aliphatic rings. The number of carboxylic acids is 1. The Morgan fingerprint density at radius 3 is 2.23 bits per heavy atom. The van der Waals surface area contributed by atoms with Gasteiger partial charge >= 0.3 is 22.1 Å². The van der Waals surface area contributed by atoms with Crippen molar-refractivity contribution in [1.29, 1.82) is 0 Å². The number of rotatable bonds is 4. The van der Waals surface area contributed by atoms with Crippen LogP contribution in [0, 0.1) is 0 Å². The van der Waals surface area contributed by atoms with Gasteiger partial charge in [-0.05, 0) is 0 Å². The van der Waals surface area contributed by atoms with Gasteiger partial charge in [-0.25, -0.2) is 9.59 Å². The summed E-state index contributed by atoms with van der Waals surface area (Å²) in [7, 11) is -4.38. The molecular formula is C5H6O7S. The molecule has 0 amide bonds. The van der Waals surface area contributed by atoms with Crippen molar-refractivity contribution in [3.63, 3.8) is 0 Å². The summed E-state index contributed by atoms with van der Waals surface area (Å²) >= 11 is 0. The highest BCUT2D eigenvalue weighted by atomic mass is 32.2. The van der Waals surface area contributed by atoms with E-state index in [1.165, 1.54) is 0 Å². The molecule has 13 heavy (non-hydrogen) atoms. The van der Waals surface area contributed by atoms with Gasteiger partial charge in [-0.2, -0.15) is 8.42 Å². The van der Waals surface area contributed by atoms with E-state index in [1.807, 2.05) is 0 Å². The van der Waals surface area contributed by atoms with Gasteiger partial charge in [0.2, 0.25) is 5.94 Å². The first kappa shape index (κ1) is 11.6. The largest absolute Gasteiger partial charge is 0.478 e. The van der Waals surface area contributed by atoms with Crippen LogP contribution in [0.4, 0.5) is 0 Å². The van der Waals surface area contributed by atoms with Gasteiger partial charge in [0.1, 0.15) is 0 Å². The molecule has 74 valence electrons. The fourth-order valence-electron chi connectivity index (χ4n) is 0.320. The Morgan fingerprint density at radius 2 is 1.85 bits per heavy atom. The smallest absolute Gasteiger partial charge is 0.332 e. The van der Waals surface area contributed by atoms with Gasteiger partial charge in [0, 0.05) is 12.2 Å². The molecule has 0 aliphatic carbocycles. The minimum Gasteiger partial charge on any atom is -0.478 e. The Kier molecular flexibility index (Phi) is 4.08. The van der Waals surface area contributed by atoms with Crippen LogP contribution in [-0.4, -0.2) is 36.0 Å². The Morgan fingerprint density at radius 1 is 1.31 bits per heavy atom. The van der Waals surface area contributed by atoms with Crippen molar-refractivity contribution >= 4 is 22.1 Å². The van der Waals surface area contributed by atoms with Crippen LogP contribution >= 0.6 is 0 Å². The van der Waals surface area contributed by atoms with Crippen LogP contribution in [0.15, 0.2) is 12.2 Å². The van der Waals surface area contributed by atoms with Crippen LogP contribution < -0.4 is 0 Å². The van der Waals surface area contributed by atoms with Crippen molar-refractivity contribution < 1.29 is 32.4 Å². The third kappa shape index (κ3) is 8.50. The number of hydrogen-bond donors (Lipinski definition) is 2. The van der Waals surface area contributed by atoms with E-state index in [0.717, 1.165) is 0 Å². The third-order valence-electron chi connectivity index (χ3n) is 0.712. The van der Waals surface area contributed by atoms with Crippen molar-refractivity contribution in [2.24, 2.45) is 0 Å². The molecule has 0 saturated carbocycles. The number of carboxylic acid groups (broad SMARTS) is 1. The van der Waals surface area contributed by atoms with Crippen molar-refractivity contribution in [2.75, 3.05) is 5.94 Å². The van der Waals surface area contributed by atoms with E-state index in [2.05, 4.69) is 4.74 Å². The van der Waals surface area contributed by atoms with E-state index >= 15 is 0 Å². The van der Waals surface area contributed by atoms with E-state index in [-0.39, 0.29) is 0 Å². The Bertz CT molecular complexity index is 325. The molecule has 0 aromatic heterocycles. The fraction of sp³-hybridized carbons (Fsp3) is 0.200. The molecule has 2 N–H and O–H groups in total. The monoisotopic (exact) mass is 210 g/mol. The molecule has 0 saturated heterocycles. The minimum absolute atomic E-state index is 0.478. The SMILES string of the molecule is O=C(O)/C=C\C(=O)OCS(=O)(=O)O. The summed E-state index contributed by atoms with van der Waals surface area (Å²) in [5.74, 6) is -3.74. The van der Waals surface area contributed by atoms with Crippen LogP contribution in [0.25, 0.3) is 0 Å². The zero-order valence-corrected chi connectivity index (χ0v) is 7.02. The van der Waals surface area contributed by atoms with Crippen molar-refractivity contribution in [1.82, 2.24) is 0 Å². The maximum atomic E-state index is 10.4. The summed E-state index contributed by atoms with van der Waals surface area (Å²) in [6.07, 6.45) is 1.000. The average molecular weight is 210 g/mol. The lowest BCUT2D eigenvalue weighted by Crippen LogP contribution is -2.11. The van der Waals surface area contributed by atoms with Gasteiger partial charge in [0.05, 0.1) is 0 Å². The molecule has 0 fully saturated rings. The fourth-order valence-corrected chi connectivity index (χ4v) is 0.585. The lowest BCUT2D eigenvalue weighted by molar-refractivity contribution is -0.137. The van der Waals surface area contributed by atoms with Crippen molar-refractivity contribution in [3.8, 4) is 0 Å². The zero-order chi connectivity index (χ0) is 10.5. The van der Waals surface area contributed by atoms with Crippen molar-refractivity contribution in [2.45, 2.75) is 0 Å². The van der Waals surface area contributed by atoms with E-state index in [0.29, 0.717) is 12.2 Å². The van der Waals surface area contributed by atoms with E-state index in [1.54, 1.807) is 0 Å². The Labute approximate surface area is 73.4 Å². The summed E-state index contributed by atoms with van der Waals surface area (Å²) in [5.41, 5.74) is 0. The van der Waals surface area contributed by atoms with Gasteiger partial charge < -0.3 is 9.84 Å². The lowest BCUT2D eigenvalue weighted by atomic mass is 10.5. The topological polar surface area (TPSA) is 118 Å². The third-order valence-corrected chi connectivity index (χ3v) is 1.13. The molecule has 0 bridgehead atoms. The first-order chi connectivity index (χ1) is 5.81. The maximum absolute atomic E-state index is 10.4. The van der Waals surface area contributed by atoms with E-state index in [9.17, 15) is 18.0 Å². The molecule has 7 nitrogen and oxygen atoms in total. The van der Waals surface area contributed by atoms with Gasteiger partial charge in [-0.15, -0.1) is 0 Å². The number of carbonyl (C=O) groups is 2. The van der Waals surface area contributed by atoms with Gasteiger partial charge in [0.15, 0.2) is 0 Å². The van der Waals surface area contributed by atoms with Gasteiger partial charge in [0.25, 0.3) is 0 Å². The predicted molar refractivity (Wildman–Crippen MR) is 39.3 cm³/mol. The van der Waals surface area contributed by atoms with Crippen LogP contribution in [-0.2, 0) is 24.4 Å². The molecule has 0 aromatic rings. The highest BCUT2D eigenvalue weighted by Crippen LogP contribution is 1.87. The predicted octanol–water partition coefficient (Wildman–Crippen LogP) is -0.984. The number of hydrogen-bond acceptors (Lipinski definition) is 5. The quantitative estimate of drug-likeness (QED) is 0.347. The molecule has 0 aliphatic heterocycles. The zero-order valence-electron chi connectivity index (χ0n) is 6.21. The second-order valence-corrected chi connectivity index (χ2v) is 3.23. The molecule has 0 radical (unpaired) electrons. The average Bonchev–Trinajstić information content (AvgIpc) is 1.95. The highest BCUT2D eigenvalue weighted by molar-refractivity contribution is 7.85. The lowest BCUT2D eigenvalue weighted by Gasteiger charge is -1.96. The first-order valence-electron chi connectivity index (χ1n) is 2.84. The molecular weight excluding hydrogens is 204 g/mol. The second kappa shape index (κ2) is 4.58. The summed E-state index contributed by atoms with van der Waals surface area (Å²) < 4.78 is 32.1. The maximum Gasteiger partial charge on any atom is 0.332 e. The van der Waals surface area contributed by atoms with Crippen LogP contribution in [0.3, 0.4) is 0 Å². The molecule has 0 spiro atoms. The first-order valence-corrected chi connectivity index (χ1v) is 4.45. The van der Waals surface area contributed by atoms with Gasteiger partial charge in [-0.3, -0.25) is 4.55 Å². The minimum atomic E-state index is -4.38. The molecule has 0 atom stereocenters. The summed E-state index contributed by atoms with van der Waals surface area (Å²) in [6, 6.07) is 0. The molecule has 0 rings (SSSR count). The van der Waals surface area contributed by atoms with Gasteiger partial charge in [-0.1, -0.05) is 0 Å². The summed E-state index contributed by atoms with van der Waals surface area (Å²) in [6.45, 7) is 0. The number of ether oxygens (including phenoxy) is 1. The second-order valence-electron chi connectivity index (χ2n) is 1.83. The Hall–Kier alpha value is -1.41. The highest BCUT2D eigenvalue weighted by Gasteiger charge is 2.07. The van der Waals surface area contributed by atoms with E-state index in [4.69, 9.17) is 9.66 Å². The molecule has 0 heterocycles. The standard InChI is InChI=1S/C5H6O7S/c6-4(7)1-2-5(8)12-3-13(9,10)11/h1-2H,3H2,(H,6,7)(H,9,10,11)/b2-1-. The molecule has 8 heteroatoms. The molecule has 0 aromatic carbocycles. The summed E-state index contributed by atoms with van der Waals surface area (Å²) in [4.78, 5) is 20.3. The molecule has 0 unspecified atom stereocenters. The number of carbonyl (C=O) groups excluding carboxylic acids is 1. The van der Waals surface area contributed by atoms with Crippen LogP contribution in [0.5, 0.6) is 0 Å². The normalized spacial score (nSPS) is 11.5. The Balaban J connectivity index is 3.98. The van der Waals surface area contributed by atoms with Crippen LogP contribution in [0.1, 0.15) is 0 Å². The summed E-state index contributed by atoms with van der Waals surface area (Å²) in [5, 5.41) is 8.03. The van der Waals surface area contributed by atoms with Crippen molar-refractivity contribution in [3.05, 3.63) is 12.2 Å². The van der Waals surface area contributed by atoms with Crippen LogP contribution in [0.2, 0.25) is 0 Å². The number of esters is 1. The number of aliphatic carboxylic acids is 1.